The minimum Gasteiger partial charge on any atom is -0.508 e. The van der Waals surface area contributed by atoms with Crippen LogP contribution in [0.3, 0.4) is 0 Å². The molecule has 0 fully saturated rings. The summed E-state index contributed by atoms with van der Waals surface area (Å²) in [7, 11) is 0. The normalized spacial score (nSPS) is 14.6. The second-order valence-electron chi connectivity index (χ2n) is 3.00. The van der Waals surface area contributed by atoms with Crippen LogP contribution in [0.4, 0.5) is 0 Å². The number of primary amides is 1. The summed E-state index contributed by atoms with van der Waals surface area (Å²) in [6, 6.07) is 3.90. The van der Waals surface area contributed by atoms with Crippen molar-refractivity contribution in [1.82, 2.24) is 0 Å². The third-order valence-electron chi connectivity index (χ3n) is 1.90. The first-order valence-corrected chi connectivity index (χ1v) is 4.45. The first kappa shape index (κ1) is 11.8. The predicted molar refractivity (Wildman–Crippen MR) is 53.3 cm³/mol. The van der Waals surface area contributed by atoms with Crippen LogP contribution in [0.2, 0.25) is 5.02 Å². The molecule has 82 valence electrons. The molecule has 1 rings (SSSR count). The highest BCUT2D eigenvalue weighted by molar-refractivity contribution is 6.30. The molecule has 15 heavy (non-hydrogen) atoms. The van der Waals surface area contributed by atoms with Gasteiger partial charge in [0.05, 0.1) is 0 Å². The van der Waals surface area contributed by atoms with E-state index in [9.17, 15) is 20.1 Å². The molecule has 2 unspecified atom stereocenters. The van der Waals surface area contributed by atoms with E-state index in [0.29, 0.717) is 0 Å². The van der Waals surface area contributed by atoms with Crippen LogP contribution in [0.15, 0.2) is 18.2 Å². The number of rotatable bonds is 3. The maximum Gasteiger partial charge on any atom is 0.249 e. The molecule has 1 aromatic rings. The summed E-state index contributed by atoms with van der Waals surface area (Å²) in [4.78, 5) is 10.6. The summed E-state index contributed by atoms with van der Waals surface area (Å²) in [5.41, 5.74) is 4.79. The molecule has 0 bridgehead atoms. The molecule has 0 heterocycles. The van der Waals surface area contributed by atoms with Crippen molar-refractivity contribution in [1.29, 1.82) is 0 Å². The quantitative estimate of drug-likeness (QED) is 0.584. The molecule has 1 amide bonds. The number of hydrogen-bond donors (Lipinski definition) is 4. The predicted octanol–water partition coefficient (Wildman–Crippen LogP) is -0.0748. The van der Waals surface area contributed by atoms with Crippen LogP contribution in [-0.2, 0) is 4.79 Å². The van der Waals surface area contributed by atoms with Crippen LogP contribution in [0, 0.1) is 0 Å². The molecule has 5 N–H and O–H groups in total. The lowest BCUT2D eigenvalue weighted by molar-refractivity contribution is -0.132. The highest BCUT2D eigenvalue weighted by atomic mass is 35.5. The number of phenols is 1. The Morgan fingerprint density at radius 2 is 2.00 bits per heavy atom. The molecular formula is C9H10ClNO4. The van der Waals surface area contributed by atoms with Gasteiger partial charge in [-0.05, 0) is 12.1 Å². The van der Waals surface area contributed by atoms with Crippen LogP contribution in [0.25, 0.3) is 0 Å². The minimum absolute atomic E-state index is 0.00861. The zero-order valence-corrected chi connectivity index (χ0v) is 8.35. The molecule has 5 nitrogen and oxygen atoms in total. The smallest absolute Gasteiger partial charge is 0.249 e. The largest absolute Gasteiger partial charge is 0.508 e. The maximum absolute atomic E-state index is 10.6. The Kier molecular flexibility index (Phi) is 3.52. The highest BCUT2D eigenvalue weighted by Crippen LogP contribution is 2.28. The second kappa shape index (κ2) is 4.48. The average Bonchev–Trinajstić information content (AvgIpc) is 2.15. The van der Waals surface area contributed by atoms with E-state index in [-0.39, 0.29) is 16.3 Å². The third-order valence-corrected chi connectivity index (χ3v) is 2.14. The summed E-state index contributed by atoms with van der Waals surface area (Å²) in [6.45, 7) is 0. The number of phenolic OH excluding ortho intramolecular Hbond substituents is 1. The van der Waals surface area contributed by atoms with Gasteiger partial charge in [0.25, 0.3) is 0 Å². The summed E-state index contributed by atoms with van der Waals surface area (Å²) in [5.74, 6) is -1.38. The molecular weight excluding hydrogens is 222 g/mol. The molecule has 0 aliphatic carbocycles. The number of aromatic hydroxyl groups is 1. The molecule has 6 heteroatoms. The number of halogens is 1. The van der Waals surface area contributed by atoms with E-state index in [2.05, 4.69) is 0 Å². The monoisotopic (exact) mass is 231 g/mol. The van der Waals surface area contributed by atoms with Gasteiger partial charge < -0.3 is 21.1 Å². The molecule has 0 aliphatic rings. The molecule has 0 spiro atoms. The van der Waals surface area contributed by atoms with Crippen molar-refractivity contribution in [3.05, 3.63) is 28.8 Å². The Morgan fingerprint density at radius 3 is 2.47 bits per heavy atom. The van der Waals surface area contributed by atoms with Crippen molar-refractivity contribution < 1.29 is 20.1 Å². The molecule has 2 atom stereocenters. The van der Waals surface area contributed by atoms with Crippen molar-refractivity contribution >= 4 is 17.5 Å². The Bertz CT molecular complexity index is 382. The number of carbonyl (C=O) groups excluding carboxylic acids is 1. The van der Waals surface area contributed by atoms with E-state index in [4.69, 9.17) is 17.3 Å². The van der Waals surface area contributed by atoms with Crippen molar-refractivity contribution in [2.75, 3.05) is 0 Å². The number of carbonyl (C=O) groups is 1. The van der Waals surface area contributed by atoms with Crippen LogP contribution >= 0.6 is 11.6 Å². The van der Waals surface area contributed by atoms with Gasteiger partial charge in [0, 0.05) is 10.6 Å². The minimum atomic E-state index is -1.77. The van der Waals surface area contributed by atoms with Gasteiger partial charge in [0.2, 0.25) is 5.91 Å². The van der Waals surface area contributed by atoms with Crippen molar-refractivity contribution in [2.45, 2.75) is 12.2 Å². The number of aliphatic hydroxyl groups is 2. The SMILES string of the molecule is NC(=O)C(O)C(O)c1ccc(Cl)cc1O. The molecule has 1 aromatic carbocycles. The summed E-state index contributed by atoms with van der Waals surface area (Å²) in [5, 5.41) is 28.3. The van der Waals surface area contributed by atoms with Gasteiger partial charge in [-0.1, -0.05) is 17.7 Å². The second-order valence-corrected chi connectivity index (χ2v) is 3.43. The van der Waals surface area contributed by atoms with Crippen LogP contribution in [-0.4, -0.2) is 27.3 Å². The number of nitrogens with two attached hydrogens (primary N) is 1. The van der Waals surface area contributed by atoms with Gasteiger partial charge in [-0.2, -0.15) is 0 Å². The van der Waals surface area contributed by atoms with Gasteiger partial charge in [0.15, 0.2) is 6.10 Å². The number of amides is 1. The summed E-state index contributed by atoms with van der Waals surface area (Å²) < 4.78 is 0. The lowest BCUT2D eigenvalue weighted by Gasteiger charge is -2.16. The third kappa shape index (κ3) is 2.59. The topological polar surface area (TPSA) is 104 Å². The van der Waals surface area contributed by atoms with Gasteiger partial charge in [-0.25, -0.2) is 0 Å². The molecule has 0 radical (unpaired) electrons. The molecule has 0 aliphatic heterocycles. The lowest BCUT2D eigenvalue weighted by Crippen LogP contribution is -2.33. The molecule has 0 saturated heterocycles. The fourth-order valence-corrected chi connectivity index (χ4v) is 1.26. The Balaban J connectivity index is 3.01. The van der Waals surface area contributed by atoms with E-state index in [0.717, 1.165) is 0 Å². The maximum atomic E-state index is 10.6. The van der Waals surface area contributed by atoms with Gasteiger partial charge in [-0.15, -0.1) is 0 Å². The number of benzene rings is 1. The Labute approximate surface area is 90.7 Å². The first-order valence-electron chi connectivity index (χ1n) is 4.07. The molecule has 0 saturated carbocycles. The van der Waals surface area contributed by atoms with Crippen molar-refractivity contribution in [2.24, 2.45) is 5.73 Å². The Hall–Kier alpha value is -1.30. The van der Waals surface area contributed by atoms with Crippen molar-refractivity contribution in [3.63, 3.8) is 0 Å². The van der Waals surface area contributed by atoms with Gasteiger partial charge >= 0.3 is 0 Å². The zero-order chi connectivity index (χ0) is 11.6. The van der Waals surface area contributed by atoms with E-state index in [1.807, 2.05) is 0 Å². The van der Waals surface area contributed by atoms with Crippen LogP contribution in [0.1, 0.15) is 11.7 Å². The van der Waals surface area contributed by atoms with Gasteiger partial charge in [0.1, 0.15) is 11.9 Å². The first-order chi connectivity index (χ1) is 6.93. The standard InChI is InChI=1S/C9H10ClNO4/c10-4-1-2-5(6(12)3-4)7(13)8(14)9(11)15/h1-3,7-8,12-14H,(H2,11,15). The highest BCUT2D eigenvalue weighted by Gasteiger charge is 2.25. The average molecular weight is 232 g/mol. The van der Waals surface area contributed by atoms with E-state index in [1.165, 1.54) is 18.2 Å². The van der Waals surface area contributed by atoms with Crippen LogP contribution < -0.4 is 5.73 Å². The van der Waals surface area contributed by atoms with Crippen molar-refractivity contribution in [3.8, 4) is 5.75 Å². The van der Waals surface area contributed by atoms with Gasteiger partial charge in [-0.3, -0.25) is 4.79 Å². The summed E-state index contributed by atoms with van der Waals surface area (Å²) >= 11 is 5.57. The molecule has 0 aromatic heterocycles. The fraction of sp³-hybridized carbons (Fsp3) is 0.222. The number of hydrogen-bond acceptors (Lipinski definition) is 4. The fourth-order valence-electron chi connectivity index (χ4n) is 1.09. The zero-order valence-electron chi connectivity index (χ0n) is 7.59. The van der Waals surface area contributed by atoms with Crippen LogP contribution in [0.5, 0.6) is 5.75 Å². The van der Waals surface area contributed by atoms with E-state index in [1.54, 1.807) is 0 Å². The Morgan fingerprint density at radius 1 is 1.40 bits per heavy atom. The van der Waals surface area contributed by atoms with E-state index < -0.39 is 18.1 Å². The summed E-state index contributed by atoms with van der Waals surface area (Å²) in [6.07, 6.45) is -3.34. The lowest BCUT2D eigenvalue weighted by atomic mass is 10.0. The number of aliphatic hydroxyl groups excluding tert-OH is 2. The van der Waals surface area contributed by atoms with E-state index >= 15 is 0 Å².